The molecule has 4 aromatic rings. The van der Waals surface area contributed by atoms with E-state index in [4.69, 9.17) is 38.0 Å². The molecule has 1 heterocycles. The highest BCUT2D eigenvalue weighted by Gasteiger charge is 2.18. The summed E-state index contributed by atoms with van der Waals surface area (Å²) in [7, 11) is 0. The van der Waals surface area contributed by atoms with Gasteiger partial charge in [0.2, 0.25) is 0 Å². The summed E-state index contributed by atoms with van der Waals surface area (Å²) in [5, 5.41) is 13.0. The third-order valence-corrected chi connectivity index (χ3v) is 6.73. The van der Waals surface area contributed by atoms with Crippen molar-refractivity contribution in [1.82, 2.24) is 4.98 Å². The third-order valence-electron chi connectivity index (χ3n) is 5.15. The lowest BCUT2D eigenvalue weighted by molar-refractivity contribution is 0.0697. The van der Waals surface area contributed by atoms with E-state index in [2.05, 4.69) is 18.7 Å². The van der Waals surface area contributed by atoms with Crippen molar-refractivity contribution >= 4 is 51.3 Å². The smallest absolute Gasteiger partial charge is 0.335 e. The predicted octanol–water partition coefficient (Wildman–Crippen LogP) is 7.94. The maximum absolute atomic E-state index is 11.2. The van der Waals surface area contributed by atoms with Gasteiger partial charge < -0.3 is 14.7 Å². The van der Waals surface area contributed by atoms with E-state index in [0.717, 1.165) is 33.4 Å². The van der Waals surface area contributed by atoms with Crippen molar-refractivity contribution in [3.05, 3.63) is 93.3 Å². The average Bonchev–Trinajstić information content (AvgIpc) is 3.30. The summed E-state index contributed by atoms with van der Waals surface area (Å²) in [4.78, 5) is 18.1. The molecule has 8 heteroatoms. The van der Waals surface area contributed by atoms with Gasteiger partial charge >= 0.3 is 5.97 Å². The molecule has 0 saturated heterocycles. The van der Waals surface area contributed by atoms with Crippen LogP contribution in [0, 0.1) is 0 Å². The normalized spacial score (nSPS) is 11.0. The molecule has 0 spiro atoms. The molecule has 5 nitrogen and oxygen atoms in total. The Kier molecular flexibility index (Phi) is 7.41. The number of thiazole rings is 1. The lowest BCUT2D eigenvalue weighted by Crippen LogP contribution is -2.25. The van der Waals surface area contributed by atoms with E-state index in [1.807, 2.05) is 47.8 Å². The Morgan fingerprint density at radius 3 is 2.35 bits per heavy atom. The van der Waals surface area contributed by atoms with Gasteiger partial charge in [-0.2, -0.15) is 0 Å². The Morgan fingerprint density at radius 1 is 1.03 bits per heavy atom. The minimum absolute atomic E-state index is 0.145. The van der Waals surface area contributed by atoms with Gasteiger partial charge in [-0.1, -0.05) is 29.3 Å². The van der Waals surface area contributed by atoms with Crippen LogP contribution in [0.5, 0.6) is 5.75 Å². The van der Waals surface area contributed by atoms with Gasteiger partial charge in [-0.15, -0.1) is 11.3 Å². The number of rotatable bonds is 8. The predicted molar refractivity (Wildman–Crippen MR) is 139 cm³/mol. The van der Waals surface area contributed by atoms with Crippen molar-refractivity contribution in [2.75, 3.05) is 4.90 Å². The standard InChI is InChI=1S/C26H22Cl2N2O3S/c1-16(2)30(20-8-4-19(5-9-20)25(31)32)26-29-24(15-34-26)18-6-10-21(11-7-18)33-14-17-3-12-22(27)23(28)13-17/h3-13,15-16H,14H2,1-2H3,(H,31,32). The van der Waals surface area contributed by atoms with Crippen LogP contribution in [-0.4, -0.2) is 22.1 Å². The van der Waals surface area contributed by atoms with Crippen molar-refractivity contribution < 1.29 is 14.6 Å². The summed E-state index contributed by atoms with van der Waals surface area (Å²) in [6, 6.07) is 20.2. The zero-order valence-corrected chi connectivity index (χ0v) is 20.9. The average molecular weight is 513 g/mol. The van der Waals surface area contributed by atoms with Gasteiger partial charge in [-0.05, 0) is 80.1 Å². The van der Waals surface area contributed by atoms with Gasteiger partial charge in [0.15, 0.2) is 5.13 Å². The largest absolute Gasteiger partial charge is 0.489 e. The quantitative estimate of drug-likeness (QED) is 0.259. The molecule has 3 aromatic carbocycles. The Labute approximate surface area is 212 Å². The molecule has 0 aliphatic heterocycles. The number of carboxylic acids is 1. The van der Waals surface area contributed by atoms with Crippen LogP contribution in [0.1, 0.15) is 29.8 Å². The summed E-state index contributed by atoms with van der Waals surface area (Å²) in [5.41, 5.74) is 3.94. The minimum atomic E-state index is -0.941. The molecular weight excluding hydrogens is 491 g/mol. The molecule has 0 aliphatic carbocycles. The number of halogens is 2. The lowest BCUT2D eigenvalue weighted by atomic mass is 10.1. The van der Waals surface area contributed by atoms with Gasteiger partial charge in [-0.3, -0.25) is 0 Å². The first-order valence-corrected chi connectivity index (χ1v) is 12.2. The van der Waals surface area contributed by atoms with Crippen LogP contribution in [0.2, 0.25) is 10.0 Å². The SMILES string of the molecule is CC(C)N(c1ccc(C(=O)O)cc1)c1nc(-c2ccc(OCc3ccc(Cl)c(Cl)c3)cc2)cs1. The van der Waals surface area contributed by atoms with Crippen LogP contribution in [0.4, 0.5) is 10.8 Å². The lowest BCUT2D eigenvalue weighted by Gasteiger charge is -2.26. The van der Waals surface area contributed by atoms with Gasteiger partial charge in [0.05, 0.1) is 21.3 Å². The second-order valence-corrected chi connectivity index (χ2v) is 9.54. The summed E-state index contributed by atoms with van der Waals surface area (Å²) >= 11 is 13.6. The summed E-state index contributed by atoms with van der Waals surface area (Å²) in [6.07, 6.45) is 0. The summed E-state index contributed by atoms with van der Waals surface area (Å²) in [5.74, 6) is -0.198. The van der Waals surface area contributed by atoms with Crippen LogP contribution in [0.25, 0.3) is 11.3 Å². The number of ether oxygens (including phenoxy) is 1. The summed E-state index contributed by atoms with van der Waals surface area (Å²) < 4.78 is 5.87. The molecule has 0 unspecified atom stereocenters. The molecule has 0 fully saturated rings. The molecule has 34 heavy (non-hydrogen) atoms. The Hall–Kier alpha value is -3.06. The van der Waals surface area contributed by atoms with Crippen LogP contribution in [0.15, 0.2) is 72.1 Å². The molecular formula is C26H22Cl2N2O3S. The van der Waals surface area contributed by atoms with Crippen LogP contribution in [0.3, 0.4) is 0 Å². The second kappa shape index (κ2) is 10.5. The third kappa shape index (κ3) is 5.53. The molecule has 4 rings (SSSR count). The highest BCUT2D eigenvalue weighted by Crippen LogP contribution is 2.34. The fourth-order valence-corrected chi connectivity index (χ4v) is 4.73. The van der Waals surface area contributed by atoms with Crippen molar-refractivity contribution in [1.29, 1.82) is 0 Å². The van der Waals surface area contributed by atoms with Crippen LogP contribution >= 0.6 is 34.5 Å². The van der Waals surface area contributed by atoms with Gasteiger partial charge in [-0.25, -0.2) is 9.78 Å². The maximum atomic E-state index is 11.2. The summed E-state index contributed by atoms with van der Waals surface area (Å²) in [6.45, 7) is 4.54. The Balaban J connectivity index is 1.48. The molecule has 0 amide bonds. The number of hydrogen-bond acceptors (Lipinski definition) is 5. The van der Waals surface area contributed by atoms with E-state index in [1.165, 1.54) is 0 Å². The first-order valence-electron chi connectivity index (χ1n) is 10.6. The number of carbonyl (C=O) groups is 1. The van der Waals surface area contributed by atoms with E-state index in [0.29, 0.717) is 16.7 Å². The Bertz CT molecular complexity index is 1290. The topological polar surface area (TPSA) is 62.7 Å². The maximum Gasteiger partial charge on any atom is 0.335 e. The minimum Gasteiger partial charge on any atom is -0.489 e. The number of nitrogens with zero attached hydrogens (tertiary/aromatic N) is 2. The van der Waals surface area contributed by atoms with E-state index in [-0.39, 0.29) is 11.6 Å². The molecule has 0 radical (unpaired) electrons. The number of aromatic nitrogens is 1. The highest BCUT2D eigenvalue weighted by atomic mass is 35.5. The van der Waals surface area contributed by atoms with Crippen LogP contribution in [-0.2, 0) is 6.61 Å². The fourth-order valence-electron chi connectivity index (χ4n) is 3.42. The van der Waals surface area contributed by atoms with Crippen molar-refractivity contribution in [3.8, 4) is 17.0 Å². The van der Waals surface area contributed by atoms with E-state index in [1.54, 1.807) is 35.6 Å². The number of anilines is 2. The van der Waals surface area contributed by atoms with Gasteiger partial charge in [0.25, 0.3) is 0 Å². The van der Waals surface area contributed by atoms with E-state index >= 15 is 0 Å². The van der Waals surface area contributed by atoms with E-state index < -0.39 is 5.97 Å². The number of benzene rings is 3. The van der Waals surface area contributed by atoms with Crippen molar-refractivity contribution in [3.63, 3.8) is 0 Å². The number of carboxylic acid groups (broad SMARTS) is 1. The molecule has 0 saturated carbocycles. The molecule has 0 bridgehead atoms. The first-order chi connectivity index (χ1) is 16.3. The molecule has 0 atom stereocenters. The van der Waals surface area contributed by atoms with Crippen molar-refractivity contribution in [2.24, 2.45) is 0 Å². The zero-order chi connectivity index (χ0) is 24.2. The zero-order valence-electron chi connectivity index (χ0n) is 18.5. The monoisotopic (exact) mass is 512 g/mol. The molecule has 0 aliphatic rings. The molecule has 1 N–H and O–H groups in total. The highest BCUT2D eigenvalue weighted by molar-refractivity contribution is 7.14. The van der Waals surface area contributed by atoms with Gasteiger partial charge in [0.1, 0.15) is 12.4 Å². The van der Waals surface area contributed by atoms with E-state index in [9.17, 15) is 4.79 Å². The number of aromatic carboxylic acids is 1. The number of hydrogen-bond donors (Lipinski definition) is 1. The van der Waals surface area contributed by atoms with Crippen molar-refractivity contribution in [2.45, 2.75) is 26.5 Å². The first kappa shape index (κ1) is 24.1. The molecule has 1 aromatic heterocycles. The van der Waals surface area contributed by atoms with Crippen LogP contribution < -0.4 is 9.64 Å². The second-order valence-electron chi connectivity index (χ2n) is 7.89. The van der Waals surface area contributed by atoms with Gasteiger partial charge in [0, 0.05) is 22.7 Å². The fraction of sp³-hybridized carbons (Fsp3) is 0.154. The molecule has 174 valence electrons. The Morgan fingerprint density at radius 2 is 1.74 bits per heavy atom.